The van der Waals surface area contributed by atoms with Gasteiger partial charge in [0.2, 0.25) is 0 Å². The van der Waals surface area contributed by atoms with Gasteiger partial charge in [-0.25, -0.2) is 0 Å². The van der Waals surface area contributed by atoms with Gasteiger partial charge in [-0.15, -0.1) is 0 Å². The van der Waals surface area contributed by atoms with Crippen molar-refractivity contribution >= 4 is 172 Å². The Morgan fingerprint density at radius 2 is 0.820 bits per heavy atom. The zero-order valence-corrected chi connectivity index (χ0v) is 73.5. The van der Waals surface area contributed by atoms with Crippen LogP contribution in [0.25, 0.3) is 183 Å². The van der Waals surface area contributed by atoms with E-state index in [2.05, 4.69) is 461 Å². The zero-order valence-electron chi connectivity index (χ0n) is 73.5. The Morgan fingerprint density at radius 3 is 1.36 bits per heavy atom. The van der Waals surface area contributed by atoms with Crippen LogP contribution in [0.15, 0.2) is 488 Å². The maximum Gasteiger partial charge on any atom is 0.136 e. The molecule has 0 aliphatic heterocycles. The second-order valence-corrected chi connectivity index (χ2v) is 35.4. The van der Waals surface area contributed by atoms with Crippen molar-refractivity contribution in [1.82, 2.24) is 17.9 Å². The van der Waals surface area contributed by atoms with Crippen molar-refractivity contribution in [2.45, 2.75) is 25.7 Å². The lowest BCUT2D eigenvalue weighted by molar-refractivity contribution is 0.606. The normalized spacial score (nSPS) is 15.5. The fraction of sp³-hybridized carbons (Fsp3) is 0.0476. The molecule has 7 heteroatoms. The molecule has 0 radical (unpaired) electrons. The largest absolute Gasteiger partial charge is 0.456 e. The van der Waals surface area contributed by atoms with E-state index in [0.717, 1.165) is 137 Å². The topological polar surface area (TPSA) is 38.3 Å². The minimum Gasteiger partial charge on any atom is -0.456 e. The van der Waals surface area contributed by atoms with Crippen molar-refractivity contribution in [3.05, 3.63) is 500 Å². The monoisotopic (exact) mass is 1700 g/mol. The number of benzene rings is 15. The third-order valence-electron chi connectivity index (χ3n) is 28.5. The van der Waals surface area contributed by atoms with Crippen LogP contribution >= 0.6 is 0 Å². The first-order valence-electron chi connectivity index (χ1n) is 46.1. The average molecular weight is 1700 g/mol. The van der Waals surface area contributed by atoms with E-state index in [-0.39, 0.29) is 5.92 Å². The Labute approximate surface area is 770 Å². The smallest absolute Gasteiger partial charge is 0.136 e. The molecule has 0 N–H and O–H groups in total. The molecule has 7 nitrogen and oxygen atoms in total. The summed E-state index contributed by atoms with van der Waals surface area (Å²) in [5.74, 6) is 0.640. The highest BCUT2D eigenvalue weighted by atomic mass is 16.3. The van der Waals surface area contributed by atoms with Gasteiger partial charge in [0.05, 0.1) is 49.7 Å². The molecule has 2 atom stereocenters. The zero-order chi connectivity index (χ0) is 88.6. The van der Waals surface area contributed by atoms with Gasteiger partial charge in [-0.2, -0.15) is 0 Å². The second kappa shape index (κ2) is 31.7. The van der Waals surface area contributed by atoms with Gasteiger partial charge in [0, 0.05) is 138 Å². The first kappa shape index (κ1) is 78.3. The summed E-state index contributed by atoms with van der Waals surface area (Å²) in [4.78, 5) is 4.82. The molecule has 0 fully saturated rings. The van der Waals surface area contributed by atoms with Gasteiger partial charge in [-0.05, 0) is 239 Å². The first-order chi connectivity index (χ1) is 65.7. The molecule has 0 saturated carbocycles. The summed E-state index contributed by atoms with van der Waals surface area (Å²) in [5.41, 5.74) is 35.6. The Balaban J connectivity index is 0.000000143. The van der Waals surface area contributed by atoms with Crippen molar-refractivity contribution in [3.63, 3.8) is 0 Å². The van der Waals surface area contributed by atoms with E-state index in [1.807, 2.05) is 24.3 Å². The van der Waals surface area contributed by atoms with E-state index >= 15 is 0 Å². The van der Waals surface area contributed by atoms with E-state index < -0.39 is 0 Å². The lowest BCUT2D eigenvalue weighted by Crippen LogP contribution is -2.26. The SMILES string of the molecule is C=C/C=c1\c(=C)n2c3ccccc3c3cc(N(c4ccc(-c5ccc(-n6c7ccccc7c7ccccc76)cc5)cc4)c4ccc(-c5ccc6c(c5)oc5ccccc56)cc4)cc1c32.C=CC1=C(C=C)C2CC(C3=CC=C(N(/C(C=C)=C/C=C/c4ccc(-n5c6ccccc6c6ccccc65)cc4)c4cc5c6ccccc6n6c7ccccc7c(c4)c56)CC3)=CC=C2C2=CC=CCC21. The highest BCUT2D eigenvalue weighted by Crippen LogP contribution is 2.53. The van der Waals surface area contributed by atoms with Crippen molar-refractivity contribution in [1.29, 1.82) is 0 Å². The van der Waals surface area contributed by atoms with Crippen molar-refractivity contribution in [3.8, 4) is 33.6 Å². The number of rotatable bonds is 17. The molecule has 2 unspecified atom stereocenters. The van der Waals surface area contributed by atoms with Crippen LogP contribution < -0.4 is 20.4 Å². The summed E-state index contributed by atoms with van der Waals surface area (Å²) in [5, 5.41) is 17.9. The Hall–Kier alpha value is -17.0. The number of allylic oxidation sites excluding steroid dienone is 20. The maximum atomic E-state index is 6.28. The molecule has 7 heterocycles. The van der Waals surface area contributed by atoms with Gasteiger partial charge >= 0.3 is 0 Å². The van der Waals surface area contributed by atoms with Gasteiger partial charge < -0.3 is 32.2 Å². The molecule has 26 rings (SSSR count). The summed E-state index contributed by atoms with van der Waals surface area (Å²) in [6, 6.07) is 121. The lowest BCUT2D eigenvalue weighted by atomic mass is 9.64. The molecule has 0 spiro atoms. The van der Waals surface area contributed by atoms with Crippen LogP contribution in [0, 0.1) is 11.8 Å². The van der Waals surface area contributed by atoms with Crippen LogP contribution in [0.3, 0.4) is 0 Å². The number of aromatic nitrogens is 4. The molecule has 0 amide bonds. The number of hydrogen-bond donors (Lipinski definition) is 0. The number of para-hydroxylation sites is 8. The highest BCUT2D eigenvalue weighted by molar-refractivity contribution is 6.25. The predicted octanol–water partition coefficient (Wildman–Crippen LogP) is 32.0. The number of furan rings is 1. The van der Waals surface area contributed by atoms with Gasteiger partial charge in [0.1, 0.15) is 11.2 Å². The van der Waals surface area contributed by atoms with Crippen molar-refractivity contribution in [2.24, 2.45) is 11.8 Å². The fourth-order valence-electron chi connectivity index (χ4n) is 22.5. The summed E-state index contributed by atoms with van der Waals surface area (Å²) in [6.45, 7) is 21.7. The first-order valence-corrected chi connectivity index (χ1v) is 46.1. The van der Waals surface area contributed by atoms with Crippen LogP contribution in [0.2, 0.25) is 0 Å². The third kappa shape index (κ3) is 12.6. The molecule has 15 aromatic carbocycles. The predicted molar refractivity (Wildman–Crippen MR) is 564 cm³/mol. The number of anilines is 4. The maximum absolute atomic E-state index is 6.28. The van der Waals surface area contributed by atoms with Crippen LogP contribution in [0.5, 0.6) is 0 Å². The molecule has 133 heavy (non-hydrogen) atoms. The fourth-order valence-corrected chi connectivity index (χ4v) is 22.5. The molecular formula is C126H90N6O. The van der Waals surface area contributed by atoms with Crippen molar-refractivity contribution in [2.75, 3.05) is 9.80 Å². The Morgan fingerprint density at radius 1 is 0.368 bits per heavy atom. The van der Waals surface area contributed by atoms with E-state index in [0.29, 0.717) is 5.92 Å². The molecule has 22 aromatic rings. The van der Waals surface area contributed by atoms with E-state index in [1.165, 1.54) is 137 Å². The quantitative estimate of drug-likeness (QED) is 0.0853. The molecule has 0 saturated heterocycles. The summed E-state index contributed by atoms with van der Waals surface area (Å²) in [7, 11) is 0. The van der Waals surface area contributed by atoms with Gasteiger partial charge in [0.15, 0.2) is 0 Å². The minimum absolute atomic E-state index is 0.281. The van der Waals surface area contributed by atoms with Gasteiger partial charge in [-0.3, -0.25) is 0 Å². The minimum atomic E-state index is 0.281. The lowest BCUT2D eigenvalue weighted by Gasteiger charge is -2.40. The van der Waals surface area contributed by atoms with Crippen LogP contribution in [-0.4, -0.2) is 17.9 Å². The average Bonchev–Trinajstić information content (AvgIpc) is 1.53. The molecule has 4 aliphatic rings. The molecule has 7 aromatic heterocycles. The third-order valence-corrected chi connectivity index (χ3v) is 28.5. The molecule has 630 valence electrons. The summed E-state index contributed by atoms with van der Waals surface area (Å²) >= 11 is 0. The second-order valence-electron chi connectivity index (χ2n) is 35.4. The standard InChI is InChI=1S/C66H51N3.C60H39N3O/c1-4-46(19-17-18-43-30-35-48(36-31-43)68-62-26-13-9-22-55(62)56-23-10-14-27-63(56)68)67(49-41-60-57-24-11-15-28-64(57)69-65-29-16-12-25-58(65)61(42-49)66(60)69)47-37-32-44(33-38-47)45-34-39-54-53-21-8-7-20-52(53)50(5-2)51(6-3)59(54)40-45;1-3-12-47-38(2)61-55-17-8-6-15-50(55)54-37-46(36-53(47)60(54)61)62(44-30-25-41(26-31-44)42-27-34-52-51-16-7-11-20-58(51)64-59(52)35-42)43-28-21-39(22-29-43)40-23-32-45(33-24-40)63-56-18-9-4-13-48(56)49-14-5-10-19-57(49)63/h4-19,21-32,34-37,39,41-42,52,59H,1-3,20,33,38,40H2;3-37H,1-2H2/b18-17+,46-19+;47-12+. The van der Waals surface area contributed by atoms with E-state index in [4.69, 9.17) is 4.42 Å². The van der Waals surface area contributed by atoms with Gasteiger partial charge in [-0.1, -0.05) is 306 Å². The summed E-state index contributed by atoms with van der Waals surface area (Å²) in [6.07, 6.45) is 36.9. The van der Waals surface area contributed by atoms with Crippen LogP contribution in [0.4, 0.5) is 22.7 Å². The van der Waals surface area contributed by atoms with Crippen LogP contribution in [0.1, 0.15) is 31.2 Å². The Kier molecular flexibility index (Phi) is 18.7. The Bertz CT molecular complexity index is 8910. The van der Waals surface area contributed by atoms with Crippen molar-refractivity contribution < 1.29 is 4.42 Å². The highest BCUT2D eigenvalue weighted by Gasteiger charge is 2.37. The summed E-state index contributed by atoms with van der Waals surface area (Å²) < 4.78 is 15.8. The molecule has 4 aliphatic carbocycles. The number of fused-ring (bicyclic) bond motifs is 21. The van der Waals surface area contributed by atoms with E-state index in [1.54, 1.807) is 0 Å². The number of hydrogen-bond acceptors (Lipinski definition) is 3. The molecule has 0 bridgehead atoms. The molecular weight excluding hydrogens is 1610 g/mol. The van der Waals surface area contributed by atoms with E-state index in [9.17, 15) is 0 Å². The van der Waals surface area contributed by atoms with Crippen LogP contribution in [-0.2, 0) is 0 Å². The number of nitrogens with zero attached hydrogens (tertiary/aromatic N) is 6. The van der Waals surface area contributed by atoms with Gasteiger partial charge in [0.25, 0.3) is 0 Å².